The van der Waals surface area contributed by atoms with E-state index in [4.69, 9.17) is 0 Å². The molecule has 0 saturated carbocycles. The van der Waals surface area contributed by atoms with Crippen LogP contribution in [0.25, 0.3) is 16.8 Å². The molecule has 3 aromatic carbocycles. The van der Waals surface area contributed by atoms with Crippen LogP contribution < -0.4 is 5.32 Å². The maximum atomic E-state index is 12.6. The molecule has 0 bridgehead atoms. The molecule has 1 unspecified atom stereocenters. The zero-order chi connectivity index (χ0) is 19.2. The van der Waals surface area contributed by atoms with Crippen molar-refractivity contribution in [2.45, 2.75) is 12.6 Å². The molecule has 1 amide bonds. The van der Waals surface area contributed by atoms with Gasteiger partial charge < -0.3 is 5.32 Å². The summed E-state index contributed by atoms with van der Waals surface area (Å²) in [6.07, 6.45) is 6.58. The van der Waals surface area contributed by atoms with Crippen LogP contribution in [0.1, 0.15) is 17.2 Å². The van der Waals surface area contributed by atoms with E-state index in [1.165, 1.54) is 6.33 Å². The van der Waals surface area contributed by atoms with Gasteiger partial charge in [-0.05, 0) is 28.0 Å². The predicted molar refractivity (Wildman–Crippen MR) is 110 cm³/mol. The van der Waals surface area contributed by atoms with E-state index in [9.17, 15) is 4.79 Å². The Hall–Kier alpha value is -3.73. The first-order chi connectivity index (χ1) is 13.8. The minimum Gasteiger partial charge on any atom is -0.344 e. The third-order valence-corrected chi connectivity index (χ3v) is 4.59. The van der Waals surface area contributed by atoms with Gasteiger partial charge in [-0.3, -0.25) is 9.48 Å². The second-order valence-electron chi connectivity index (χ2n) is 6.49. The SMILES string of the molecule is O=C(/C=C/c1cccc2ccccc12)NC(Cn1cncn1)c1ccccc1. The molecular weight excluding hydrogens is 348 g/mol. The molecule has 0 aliphatic carbocycles. The zero-order valence-electron chi connectivity index (χ0n) is 15.3. The number of hydrogen-bond donors (Lipinski definition) is 1. The summed E-state index contributed by atoms with van der Waals surface area (Å²) >= 11 is 0. The average Bonchev–Trinajstić information content (AvgIpc) is 3.25. The Balaban J connectivity index is 1.53. The Kier molecular flexibility index (Phi) is 5.24. The number of benzene rings is 3. The number of hydrogen-bond acceptors (Lipinski definition) is 3. The Morgan fingerprint density at radius 1 is 1.00 bits per heavy atom. The van der Waals surface area contributed by atoms with Gasteiger partial charge in [-0.15, -0.1) is 0 Å². The number of carbonyl (C=O) groups is 1. The van der Waals surface area contributed by atoms with Crippen LogP contribution in [0.4, 0.5) is 0 Å². The first-order valence-corrected chi connectivity index (χ1v) is 9.13. The molecule has 5 nitrogen and oxygen atoms in total. The van der Waals surface area contributed by atoms with Gasteiger partial charge in [0, 0.05) is 6.08 Å². The molecule has 28 heavy (non-hydrogen) atoms. The predicted octanol–water partition coefficient (Wildman–Crippen LogP) is 4.00. The number of carbonyl (C=O) groups excluding carboxylic acids is 1. The van der Waals surface area contributed by atoms with Crippen LogP contribution in [-0.2, 0) is 11.3 Å². The van der Waals surface area contributed by atoms with Gasteiger partial charge in [0.15, 0.2) is 0 Å². The Bertz CT molecular complexity index is 1080. The molecule has 1 heterocycles. The summed E-state index contributed by atoms with van der Waals surface area (Å²) in [4.78, 5) is 16.6. The summed E-state index contributed by atoms with van der Waals surface area (Å²) in [5.74, 6) is -0.151. The van der Waals surface area contributed by atoms with Crippen LogP contribution in [0.15, 0.2) is 91.5 Å². The fourth-order valence-corrected chi connectivity index (χ4v) is 3.21. The quantitative estimate of drug-likeness (QED) is 0.523. The highest BCUT2D eigenvalue weighted by Crippen LogP contribution is 2.20. The molecule has 0 spiro atoms. The first-order valence-electron chi connectivity index (χ1n) is 9.13. The van der Waals surface area contributed by atoms with E-state index in [1.54, 1.807) is 17.1 Å². The lowest BCUT2D eigenvalue weighted by Gasteiger charge is -2.18. The molecule has 0 saturated heterocycles. The summed E-state index contributed by atoms with van der Waals surface area (Å²) in [5, 5.41) is 9.50. The van der Waals surface area contributed by atoms with E-state index in [0.29, 0.717) is 6.54 Å². The maximum Gasteiger partial charge on any atom is 0.244 e. The summed E-state index contributed by atoms with van der Waals surface area (Å²) in [7, 11) is 0. The smallest absolute Gasteiger partial charge is 0.244 e. The average molecular weight is 368 g/mol. The van der Waals surface area contributed by atoms with Gasteiger partial charge in [0.05, 0.1) is 12.6 Å². The third-order valence-electron chi connectivity index (χ3n) is 4.59. The van der Waals surface area contributed by atoms with Gasteiger partial charge in [0.25, 0.3) is 0 Å². The highest BCUT2D eigenvalue weighted by Gasteiger charge is 2.14. The van der Waals surface area contributed by atoms with Gasteiger partial charge >= 0.3 is 0 Å². The van der Waals surface area contributed by atoms with E-state index in [2.05, 4.69) is 33.6 Å². The standard InChI is InChI=1S/C23H20N4O/c28-23(14-13-19-11-6-10-18-7-4-5-12-21(18)19)26-22(15-27-17-24-16-25-27)20-8-2-1-3-9-20/h1-14,16-17,22H,15H2,(H,26,28)/b14-13+. The van der Waals surface area contributed by atoms with Crippen LogP contribution in [-0.4, -0.2) is 20.7 Å². The first kappa shape index (κ1) is 17.7. The number of nitrogens with zero attached hydrogens (tertiary/aromatic N) is 3. The van der Waals surface area contributed by atoms with E-state index >= 15 is 0 Å². The topological polar surface area (TPSA) is 59.8 Å². The normalized spacial score (nSPS) is 12.3. The molecule has 0 aliphatic heterocycles. The van der Waals surface area contributed by atoms with Gasteiger partial charge in [0.2, 0.25) is 5.91 Å². The van der Waals surface area contributed by atoms with Crippen LogP contribution in [0.3, 0.4) is 0 Å². The van der Waals surface area contributed by atoms with E-state index < -0.39 is 0 Å². The van der Waals surface area contributed by atoms with Crippen LogP contribution in [0.5, 0.6) is 0 Å². The van der Waals surface area contributed by atoms with Crippen molar-refractivity contribution in [3.8, 4) is 0 Å². The minimum absolute atomic E-state index is 0.151. The van der Waals surface area contributed by atoms with E-state index in [0.717, 1.165) is 21.9 Å². The molecule has 5 heteroatoms. The number of amides is 1. The second kappa shape index (κ2) is 8.31. The van der Waals surface area contributed by atoms with Crippen LogP contribution in [0.2, 0.25) is 0 Å². The third kappa shape index (κ3) is 4.15. The minimum atomic E-state index is -0.201. The van der Waals surface area contributed by atoms with Crippen molar-refractivity contribution in [3.63, 3.8) is 0 Å². The molecule has 0 radical (unpaired) electrons. The molecular formula is C23H20N4O. The summed E-state index contributed by atoms with van der Waals surface area (Å²) in [5.41, 5.74) is 2.03. The molecule has 0 aliphatic rings. The number of nitrogens with one attached hydrogen (secondary N) is 1. The van der Waals surface area contributed by atoms with Crippen molar-refractivity contribution in [3.05, 3.63) is 103 Å². The number of aromatic nitrogens is 3. The second-order valence-corrected chi connectivity index (χ2v) is 6.49. The largest absolute Gasteiger partial charge is 0.344 e. The van der Waals surface area contributed by atoms with Gasteiger partial charge in [-0.2, -0.15) is 5.10 Å². The van der Waals surface area contributed by atoms with Gasteiger partial charge in [-0.25, -0.2) is 4.98 Å². The van der Waals surface area contributed by atoms with Crippen LogP contribution in [0, 0.1) is 0 Å². The highest BCUT2D eigenvalue weighted by molar-refractivity contribution is 5.96. The summed E-state index contributed by atoms with van der Waals surface area (Å²) in [6, 6.07) is 23.9. The Morgan fingerprint density at radius 3 is 2.61 bits per heavy atom. The summed E-state index contributed by atoms with van der Waals surface area (Å²) in [6.45, 7) is 0.512. The number of fused-ring (bicyclic) bond motifs is 1. The summed E-state index contributed by atoms with van der Waals surface area (Å²) < 4.78 is 1.71. The fourth-order valence-electron chi connectivity index (χ4n) is 3.21. The molecule has 0 fully saturated rings. The molecule has 4 rings (SSSR count). The fraction of sp³-hybridized carbons (Fsp3) is 0.0870. The molecule has 1 aromatic heterocycles. The lowest BCUT2D eigenvalue weighted by Crippen LogP contribution is -2.30. The lowest BCUT2D eigenvalue weighted by molar-refractivity contribution is -0.117. The lowest BCUT2D eigenvalue weighted by atomic mass is 10.0. The zero-order valence-corrected chi connectivity index (χ0v) is 15.3. The molecule has 4 aromatic rings. The highest BCUT2D eigenvalue weighted by atomic mass is 16.1. The van der Waals surface area contributed by atoms with Crippen molar-refractivity contribution in [2.24, 2.45) is 0 Å². The van der Waals surface area contributed by atoms with Crippen molar-refractivity contribution in [1.82, 2.24) is 20.1 Å². The van der Waals surface area contributed by atoms with Crippen molar-refractivity contribution >= 4 is 22.8 Å². The molecule has 1 N–H and O–H groups in total. The van der Waals surface area contributed by atoms with Crippen LogP contribution >= 0.6 is 0 Å². The monoisotopic (exact) mass is 368 g/mol. The van der Waals surface area contributed by atoms with Gasteiger partial charge in [-0.1, -0.05) is 72.8 Å². The van der Waals surface area contributed by atoms with Crippen molar-refractivity contribution < 1.29 is 4.79 Å². The van der Waals surface area contributed by atoms with Crippen molar-refractivity contribution in [1.29, 1.82) is 0 Å². The Labute approximate surface area is 163 Å². The molecule has 138 valence electrons. The number of rotatable bonds is 6. The van der Waals surface area contributed by atoms with E-state index in [1.807, 2.05) is 60.7 Å². The Morgan fingerprint density at radius 2 is 1.79 bits per heavy atom. The maximum absolute atomic E-state index is 12.6. The van der Waals surface area contributed by atoms with Gasteiger partial charge in [0.1, 0.15) is 12.7 Å². The van der Waals surface area contributed by atoms with E-state index in [-0.39, 0.29) is 11.9 Å². The van der Waals surface area contributed by atoms with Crippen molar-refractivity contribution in [2.75, 3.05) is 0 Å². The molecule has 1 atom stereocenters.